The number of rotatable bonds is 3. The van der Waals surface area contributed by atoms with E-state index in [0.717, 1.165) is 6.07 Å². The molecule has 0 radical (unpaired) electrons. The number of nitrogens with two attached hydrogens (primary N) is 1. The first-order valence-corrected chi connectivity index (χ1v) is 4.88. The molecule has 0 saturated carbocycles. The van der Waals surface area contributed by atoms with Gasteiger partial charge in [0.1, 0.15) is 11.5 Å². The first kappa shape index (κ1) is 12.8. The van der Waals surface area contributed by atoms with Gasteiger partial charge in [-0.2, -0.15) is 13.2 Å². The van der Waals surface area contributed by atoms with Crippen molar-refractivity contribution in [3.8, 4) is 0 Å². The molecule has 0 aromatic carbocycles. The lowest BCUT2D eigenvalue weighted by molar-refractivity contribution is -0.141. The van der Waals surface area contributed by atoms with Gasteiger partial charge in [-0.1, -0.05) is 6.07 Å². The van der Waals surface area contributed by atoms with E-state index in [9.17, 15) is 13.2 Å². The molecule has 1 heterocycles. The molecular formula is C10H14F3N3. The molecule has 0 bridgehead atoms. The van der Waals surface area contributed by atoms with Gasteiger partial charge in [0.15, 0.2) is 0 Å². The zero-order chi connectivity index (χ0) is 12.3. The van der Waals surface area contributed by atoms with Crippen molar-refractivity contribution in [1.29, 1.82) is 0 Å². The topological polar surface area (TPSA) is 42.2 Å². The van der Waals surface area contributed by atoms with Gasteiger partial charge >= 0.3 is 6.18 Å². The largest absolute Gasteiger partial charge is 0.433 e. The van der Waals surface area contributed by atoms with Crippen LogP contribution in [0.15, 0.2) is 12.1 Å². The first-order valence-electron chi connectivity index (χ1n) is 4.88. The predicted octanol–water partition coefficient (Wildman–Crippen LogP) is 2.02. The van der Waals surface area contributed by atoms with Crippen LogP contribution in [-0.2, 0) is 12.7 Å². The maximum atomic E-state index is 12.5. The Bertz CT molecular complexity index is 363. The minimum absolute atomic E-state index is 0.171. The molecule has 0 fully saturated rings. The summed E-state index contributed by atoms with van der Waals surface area (Å²) in [7, 11) is 1.68. The third kappa shape index (κ3) is 2.63. The average molecular weight is 233 g/mol. The quantitative estimate of drug-likeness (QED) is 0.868. The highest BCUT2D eigenvalue weighted by molar-refractivity contribution is 5.47. The summed E-state index contributed by atoms with van der Waals surface area (Å²) in [4.78, 5) is 5.24. The van der Waals surface area contributed by atoms with E-state index in [1.54, 1.807) is 11.9 Å². The second kappa shape index (κ2) is 4.69. The fraction of sp³-hybridized carbons (Fsp3) is 0.500. The van der Waals surface area contributed by atoms with E-state index in [-0.39, 0.29) is 6.54 Å². The van der Waals surface area contributed by atoms with Gasteiger partial charge in [0, 0.05) is 25.7 Å². The molecule has 2 N–H and O–H groups in total. The Morgan fingerprint density at radius 2 is 2.00 bits per heavy atom. The normalized spacial score (nSPS) is 11.6. The predicted molar refractivity (Wildman–Crippen MR) is 56.1 cm³/mol. The number of aromatic nitrogens is 1. The number of alkyl halides is 3. The molecule has 0 aliphatic heterocycles. The lowest BCUT2D eigenvalue weighted by atomic mass is 10.2. The van der Waals surface area contributed by atoms with Gasteiger partial charge < -0.3 is 10.6 Å². The fourth-order valence-corrected chi connectivity index (χ4v) is 1.27. The highest BCUT2D eigenvalue weighted by Crippen LogP contribution is 2.30. The van der Waals surface area contributed by atoms with Gasteiger partial charge in [0.25, 0.3) is 0 Å². The van der Waals surface area contributed by atoms with Gasteiger partial charge in [-0.3, -0.25) is 0 Å². The molecule has 16 heavy (non-hydrogen) atoms. The summed E-state index contributed by atoms with van der Waals surface area (Å²) in [6, 6.07) is 2.33. The Hall–Kier alpha value is -1.30. The number of hydrogen-bond acceptors (Lipinski definition) is 3. The van der Waals surface area contributed by atoms with Crippen molar-refractivity contribution < 1.29 is 13.2 Å². The molecule has 0 aliphatic carbocycles. The third-order valence-electron chi connectivity index (χ3n) is 2.30. The zero-order valence-electron chi connectivity index (χ0n) is 9.17. The molecule has 0 amide bonds. The summed E-state index contributed by atoms with van der Waals surface area (Å²) < 4.78 is 37.4. The number of halogens is 3. The van der Waals surface area contributed by atoms with Gasteiger partial charge in [-0.25, -0.2) is 4.98 Å². The summed E-state index contributed by atoms with van der Waals surface area (Å²) in [6.07, 6.45) is -4.42. The fourth-order valence-electron chi connectivity index (χ4n) is 1.27. The van der Waals surface area contributed by atoms with Crippen molar-refractivity contribution in [3.05, 3.63) is 23.4 Å². The minimum atomic E-state index is -4.42. The molecule has 0 saturated heterocycles. The molecule has 1 aromatic heterocycles. The smallest absolute Gasteiger partial charge is 0.360 e. The van der Waals surface area contributed by atoms with Gasteiger partial charge in [0.2, 0.25) is 0 Å². The van der Waals surface area contributed by atoms with Crippen LogP contribution in [0.4, 0.5) is 19.0 Å². The molecule has 0 aliphatic rings. The van der Waals surface area contributed by atoms with E-state index in [4.69, 9.17) is 5.73 Å². The van der Waals surface area contributed by atoms with Crippen LogP contribution < -0.4 is 10.6 Å². The van der Waals surface area contributed by atoms with E-state index in [2.05, 4.69) is 4.98 Å². The Balaban J connectivity index is 3.21. The highest BCUT2D eigenvalue weighted by Gasteiger charge is 2.33. The Kier molecular flexibility index (Phi) is 3.74. The van der Waals surface area contributed by atoms with Crippen molar-refractivity contribution in [2.24, 2.45) is 5.73 Å². The van der Waals surface area contributed by atoms with Crippen molar-refractivity contribution in [3.63, 3.8) is 0 Å². The van der Waals surface area contributed by atoms with E-state index >= 15 is 0 Å². The third-order valence-corrected chi connectivity index (χ3v) is 2.30. The average Bonchev–Trinajstić information content (AvgIpc) is 2.25. The lowest BCUT2D eigenvalue weighted by Crippen LogP contribution is -2.22. The summed E-state index contributed by atoms with van der Waals surface area (Å²) in [6.45, 7) is 2.58. The van der Waals surface area contributed by atoms with Crippen molar-refractivity contribution in [2.45, 2.75) is 19.6 Å². The number of nitrogens with zero attached hydrogens (tertiary/aromatic N) is 2. The van der Waals surface area contributed by atoms with Crippen LogP contribution in [0, 0.1) is 0 Å². The van der Waals surface area contributed by atoms with Crippen LogP contribution in [0.3, 0.4) is 0 Å². The molecule has 0 atom stereocenters. The monoisotopic (exact) mass is 233 g/mol. The van der Waals surface area contributed by atoms with Crippen molar-refractivity contribution in [2.75, 3.05) is 18.5 Å². The molecule has 1 aromatic rings. The second-order valence-corrected chi connectivity index (χ2v) is 3.40. The Morgan fingerprint density at radius 1 is 1.38 bits per heavy atom. The maximum Gasteiger partial charge on any atom is 0.433 e. The summed E-state index contributed by atoms with van der Waals surface area (Å²) in [5, 5.41) is 0. The molecule has 3 nitrogen and oxygen atoms in total. The van der Waals surface area contributed by atoms with Crippen molar-refractivity contribution in [1.82, 2.24) is 4.98 Å². The standard InChI is InChI=1S/C10H14F3N3/c1-3-16(2)9-7(6-14)4-5-8(15-9)10(11,12)13/h4-5H,3,6,14H2,1-2H3. The van der Waals surface area contributed by atoms with Crippen LogP contribution in [0.5, 0.6) is 0 Å². The molecule has 0 unspecified atom stereocenters. The minimum Gasteiger partial charge on any atom is -0.360 e. The second-order valence-electron chi connectivity index (χ2n) is 3.40. The van der Waals surface area contributed by atoms with Gasteiger partial charge in [-0.15, -0.1) is 0 Å². The highest BCUT2D eigenvalue weighted by atomic mass is 19.4. The first-order chi connectivity index (χ1) is 7.40. The van der Waals surface area contributed by atoms with E-state index in [1.807, 2.05) is 6.92 Å². The Morgan fingerprint density at radius 3 is 2.44 bits per heavy atom. The molecule has 1 rings (SSSR count). The molecule has 90 valence electrons. The SMILES string of the molecule is CCN(C)c1nc(C(F)(F)F)ccc1CN. The maximum absolute atomic E-state index is 12.5. The van der Waals surface area contributed by atoms with Gasteiger partial charge in [-0.05, 0) is 13.0 Å². The summed E-state index contributed by atoms with van der Waals surface area (Å²) >= 11 is 0. The van der Waals surface area contributed by atoms with Crippen LogP contribution >= 0.6 is 0 Å². The summed E-state index contributed by atoms with van der Waals surface area (Å²) in [5.74, 6) is 0.292. The lowest BCUT2D eigenvalue weighted by Gasteiger charge is -2.20. The summed E-state index contributed by atoms with van der Waals surface area (Å²) in [5.41, 5.74) is 5.17. The molecular weight excluding hydrogens is 219 g/mol. The van der Waals surface area contributed by atoms with E-state index in [1.165, 1.54) is 6.07 Å². The number of anilines is 1. The number of hydrogen-bond donors (Lipinski definition) is 1. The zero-order valence-corrected chi connectivity index (χ0v) is 9.17. The molecule has 6 heteroatoms. The van der Waals surface area contributed by atoms with Crippen LogP contribution in [-0.4, -0.2) is 18.6 Å². The van der Waals surface area contributed by atoms with E-state index < -0.39 is 11.9 Å². The van der Waals surface area contributed by atoms with Crippen LogP contribution in [0.1, 0.15) is 18.2 Å². The van der Waals surface area contributed by atoms with Crippen LogP contribution in [0.2, 0.25) is 0 Å². The molecule has 0 spiro atoms. The van der Waals surface area contributed by atoms with Crippen LogP contribution in [0.25, 0.3) is 0 Å². The number of pyridine rings is 1. The Labute approximate surface area is 92.1 Å². The van der Waals surface area contributed by atoms with Crippen molar-refractivity contribution >= 4 is 5.82 Å². The van der Waals surface area contributed by atoms with Gasteiger partial charge in [0.05, 0.1) is 0 Å². The van der Waals surface area contributed by atoms with E-state index in [0.29, 0.717) is 17.9 Å².